The van der Waals surface area contributed by atoms with Gasteiger partial charge in [0.05, 0.1) is 23.6 Å². The number of aliphatic hydroxyl groups is 2. The van der Waals surface area contributed by atoms with Crippen LogP contribution in [0, 0.1) is 11.8 Å². The van der Waals surface area contributed by atoms with E-state index in [0.29, 0.717) is 43.7 Å². The average molecular weight is 572 g/mol. The predicted octanol–water partition coefficient (Wildman–Crippen LogP) is 3.34. The van der Waals surface area contributed by atoms with E-state index in [2.05, 4.69) is 16.9 Å². The molecule has 0 aliphatic carbocycles. The molecule has 0 saturated carbocycles. The Morgan fingerprint density at radius 2 is 1.98 bits per heavy atom. The molecule has 1 aromatic heterocycles. The minimum Gasteiger partial charge on any atom is -0.390 e. The third-order valence-electron chi connectivity index (χ3n) is 9.04. The highest BCUT2D eigenvalue weighted by molar-refractivity contribution is 6.09. The molecule has 6 rings (SSSR count). The van der Waals surface area contributed by atoms with Crippen molar-refractivity contribution in [3.8, 4) is 0 Å². The van der Waals surface area contributed by atoms with Crippen molar-refractivity contribution in [2.24, 2.45) is 11.8 Å². The van der Waals surface area contributed by atoms with E-state index >= 15 is 0 Å². The third kappa shape index (κ3) is 4.45. The summed E-state index contributed by atoms with van der Waals surface area (Å²) in [5.74, 6) is -0.904. The van der Waals surface area contributed by atoms with Crippen LogP contribution in [0.25, 0.3) is 0 Å². The zero-order valence-electron chi connectivity index (χ0n) is 24.2. The number of carbonyl (C=O) groups is 2. The number of amides is 2. The van der Waals surface area contributed by atoms with Crippen molar-refractivity contribution in [1.82, 2.24) is 15.0 Å². The molecule has 2 fully saturated rings. The lowest BCUT2D eigenvalue weighted by molar-refractivity contribution is -0.146. The Morgan fingerprint density at radius 1 is 1.21 bits per heavy atom. The summed E-state index contributed by atoms with van der Waals surface area (Å²) in [5.41, 5.74) is 0.869. The number of aliphatic hydroxyl groups excluding tert-OH is 1. The molecule has 0 unspecified atom stereocenters. The molecule has 5 atom stereocenters. The van der Waals surface area contributed by atoms with Crippen molar-refractivity contribution in [1.29, 1.82) is 0 Å². The molecular weight excluding hydrogens is 534 g/mol. The Labute approximate surface area is 245 Å². The van der Waals surface area contributed by atoms with Crippen molar-refractivity contribution in [2.45, 2.75) is 63.6 Å². The Hall–Kier alpha value is -3.86. The normalized spacial score (nSPS) is 26.1. The van der Waals surface area contributed by atoms with Crippen LogP contribution in [0.2, 0.25) is 0 Å². The van der Waals surface area contributed by atoms with Crippen LogP contribution in [0.5, 0.6) is 0 Å². The monoisotopic (exact) mass is 571 g/mol. The van der Waals surface area contributed by atoms with Crippen LogP contribution >= 0.6 is 0 Å². The van der Waals surface area contributed by atoms with Crippen LogP contribution in [0.1, 0.15) is 56.5 Å². The molecular formula is C32H37N5O5. The van der Waals surface area contributed by atoms with E-state index in [4.69, 9.17) is 4.74 Å². The van der Waals surface area contributed by atoms with Gasteiger partial charge in [0.15, 0.2) is 5.60 Å². The van der Waals surface area contributed by atoms with Crippen molar-refractivity contribution in [3.63, 3.8) is 0 Å². The van der Waals surface area contributed by atoms with Crippen LogP contribution in [0.3, 0.4) is 0 Å². The second-order valence-corrected chi connectivity index (χ2v) is 12.1. The van der Waals surface area contributed by atoms with E-state index < -0.39 is 23.4 Å². The second-order valence-electron chi connectivity index (χ2n) is 12.1. The Kier molecular flexibility index (Phi) is 7.03. The molecule has 3 aromatic rings. The van der Waals surface area contributed by atoms with Gasteiger partial charge in [0.25, 0.3) is 5.91 Å². The van der Waals surface area contributed by atoms with Gasteiger partial charge in [-0.05, 0) is 44.0 Å². The molecule has 2 N–H and O–H groups in total. The van der Waals surface area contributed by atoms with Gasteiger partial charge < -0.3 is 24.7 Å². The van der Waals surface area contributed by atoms with Gasteiger partial charge in [-0.25, -0.2) is 0 Å². The van der Waals surface area contributed by atoms with Gasteiger partial charge in [-0.3, -0.25) is 14.3 Å². The fourth-order valence-corrected chi connectivity index (χ4v) is 7.02. The molecule has 3 aliphatic rings. The van der Waals surface area contributed by atoms with Gasteiger partial charge in [0.1, 0.15) is 11.8 Å². The molecule has 2 saturated heterocycles. The summed E-state index contributed by atoms with van der Waals surface area (Å²) in [6.45, 7) is 10.7. The Bertz CT molecular complexity index is 1510. The van der Waals surface area contributed by atoms with E-state index in [1.54, 1.807) is 40.6 Å². The lowest BCUT2D eigenvalue weighted by Crippen LogP contribution is -2.46. The van der Waals surface area contributed by atoms with E-state index in [-0.39, 0.29) is 23.7 Å². The van der Waals surface area contributed by atoms with Gasteiger partial charge in [-0.15, -0.1) is 11.7 Å². The molecule has 42 heavy (non-hydrogen) atoms. The van der Waals surface area contributed by atoms with Gasteiger partial charge >= 0.3 is 0 Å². The van der Waals surface area contributed by atoms with Crippen molar-refractivity contribution >= 4 is 23.2 Å². The highest BCUT2D eigenvalue weighted by atomic mass is 16.5. The predicted molar refractivity (Wildman–Crippen MR) is 157 cm³/mol. The first kappa shape index (κ1) is 28.3. The molecule has 0 bridgehead atoms. The largest absolute Gasteiger partial charge is 0.390 e. The second kappa shape index (κ2) is 10.4. The van der Waals surface area contributed by atoms with Crippen molar-refractivity contribution in [2.75, 3.05) is 22.9 Å². The van der Waals surface area contributed by atoms with E-state index in [1.165, 1.54) is 0 Å². The number of nitrogens with zero attached hydrogens (tertiary/aromatic N) is 5. The smallest absolute Gasteiger partial charge is 0.264 e. The maximum absolute atomic E-state index is 14.3. The third-order valence-corrected chi connectivity index (χ3v) is 9.04. The molecule has 1 spiro atoms. The van der Waals surface area contributed by atoms with Crippen LogP contribution in [0.4, 0.5) is 11.4 Å². The topological polar surface area (TPSA) is 121 Å². The summed E-state index contributed by atoms with van der Waals surface area (Å²) in [7, 11) is 0. The summed E-state index contributed by atoms with van der Waals surface area (Å²) in [6.07, 6.45) is 2.98. The number of aryl methyl sites for hydroxylation is 1. The molecule has 10 nitrogen and oxygen atoms in total. The lowest BCUT2D eigenvalue weighted by atomic mass is 9.70. The zero-order valence-corrected chi connectivity index (χ0v) is 24.2. The standard InChI is InChI=1S/C32H37N5O5/c1-5-15-37-25-12-11-22(36-17-14-27(36)38)18-23(25)32(30(37)40)20(2)28(31(3,4)41)26(42-32)13-16-35-19-24(33-34-35)29(39)21-9-7-6-8-10-21/h5-12,18-20,26,28-29,39,41H,1,13-17H2,2-4H3/t20-,26+,28-,29-,32+/m1/s1. The van der Waals surface area contributed by atoms with E-state index in [0.717, 1.165) is 16.9 Å². The molecule has 3 aliphatic heterocycles. The number of aromatic nitrogens is 3. The maximum Gasteiger partial charge on any atom is 0.264 e. The number of hydrogen-bond donors (Lipinski definition) is 2. The number of anilines is 2. The summed E-state index contributed by atoms with van der Waals surface area (Å²) < 4.78 is 8.49. The number of benzene rings is 2. The number of hydrogen-bond acceptors (Lipinski definition) is 7. The van der Waals surface area contributed by atoms with Crippen LogP contribution in [-0.2, 0) is 26.5 Å². The lowest BCUT2D eigenvalue weighted by Gasteiger charge is -2.34. The highest BCUT2D eigenvalue weighted by Crippen LogP contribution is 2.58. The fraction of sp³-hybridized carbons (Fsp3) is 0.438. The first-order valence-corrected chi connectivity index (χ1v) is 14.5. The fourth-order valence-electron chi connectivity index (χ4n) is 7.02. The number of ether oxygens (including phenoxy) is 1. The molecule has 2 aromatic carbocycles. The maximum atomic E-state index is 14.3. The van der Waals surface area contributed by atoms with Gasteiger partial charge in [0, 0.05) is 49.1 Å². The number of fused-ring (bicyclic) bond motifs is 2. The quantitative estimate of drug-likeness (QED) is 0.299. The molecule has 4 heterocycles. The summed E-state index contributed by atoms with van der Waals surface area (Å²) >= 11 is 0. The minimum absolute atomic E-state index is 0.0495. The SMILES string of the molecule is C=CCN1C(=O)[C@@]2(O[C@@H](CCn3cc([C@H](O)c4ccccc4)nn3)[C@H](C(C)(C)O)[C@H]2C)c2cc(N3CCC3=O)ccc21. The highest BCUT2D eigenvalue weighted by Gasteiger charge is 2.65. The summed E-state index contributed by atoms with van der Waals surface area (Å²) in [5, 5.41) is 30.5. The van der Waals surface area contributed by atoms with Gasteiger partial charge in [-0.1, -0.05) is 48.5 Å². The number of rotatable bonds is 9. The molecule has 2 amide bonds. The average Bonchev–Trinajstić information content (AvgIpc) is 3.62. The molecule has 10 heteroatoms. The summed E-state index contributed by atoms with van der Waals surface area (Å²) in [4.78, 5) is 29.9. The number of β-lactam (4-membered cyclic amide) rings is 1. The van der Waals surface area contributed by atoms with Crippen LogP contribution in [0.15, 0.2) is 67.4 Å². The van der Waals surface area contributed by atoms with Crippen molar-refractivity contribution < 1.29 is 24.5 Å². The van der Waals surface area contributed by atoms with E-state index in [1.807, 2.05) is 55.5 Å². The molecule has 0 radical (unpaired) electrons. The minimum atomic E-state index is -1.32. The van der Waals surface area contributed by atoms with Gasteiger partial charge in [0.2, 0.25) is 5.91 Å². The number of carbonyl (C=O) groups excluding carboxylic acids is 2. The van der Waals surface area contributed by atoms with Crippen molar-refractivity contribution in [3.05, 3.63) is 84.2 Å². The Balaban J connectivity index is 1.31. The van der Waals surface area contributed by atoms with Crippen LogP contribution < -0.4 is 9.80 Å². The van der Waals surface area contributed by atoms with Crippen LogP contribution in [-0.4, -0.2) is 61.8 Å². The zero-order chi connectivity index (χ0) is 29.8. The first-order valence-electron chi connectivity index (χ1n) is 14.5. The first-order chi connectivity index (χ1) is 20.1. The molecule has 220 valence electrons. The van der Waals surface area contributed by atoms with Gasteiger partial charge in [-0.2, -0.15) is 0 Å². The Morgan fingerprint density at radius 3 is 2.62 bits per heavy atom. The summed E-state index contributed by atoms with van der Waals surface area (Å²) in [6, 6.07) is 14.9. The van der Waals surface area contributed by atoms with E-state index in [9.17, 15) is 19.8 Å².